The van der Waals surface area contributed by atoms with Crippen LogP contribution in [-0.2, 0) is 16.8 Å². The van der Waals surface area contributed by atoms with Crippen molar-refractivity contribution in [3.8, 4) is 11.5 Å². The van der Waals surface area contributed by atoms with Gasteiger partial charge in [0.1, 0.15) is 0 Å². The van der Waals surface area contributed by atoms with Gasteiger partial charge in [0.25, 0.3) is 0 Å². The van der Waals surface area contributed by atoms with Gasteiger partial charge in [-0.25, -0.2) is 0 Å². The molecule has 1 aliphatic heterocycles. The van der Waals surface area contributed by atoms with Crippen molar-refractivity contribution in [3.05, 3.63) is 58.6 Å². The quantitative estimate of drug-likeness (QED) is 0.930. The molecule has 0 saturated carbocycles. The molecule has 0 aromatic heterocycles. The van der Waals surface area contributed by atoms with Crippen molar-refractivity contribution in [3.63, 3.8) is 0 Å². The number of amides is 1. The summed E-state index contributed by atoms with van der Waals surface area (Å²) >= 11 is 5.91. The van der Waals surface area contributed by atoms with Crippen LogP contribution in [0.5, 0.6) is 11.5 Å². The maximum Gasteiger partial charge on any atom is 0.231 e. The van der Waals surface area contributed by atoms with Crippen molar-refractivity contribution in [1.82, 2.24) is 5.32 Å². The number of carbonyl (C=O) groups excluding carboxylic acids is 1. The highest BCUT2D eigenvalue weighted by molar-refractivity contribution is 6.30. The van der Waals surface area contributed by atoms with E-state index < -0.39 is 5.41 Å². The van der Waals surface area contributed by atoms with E-state index in [0.29, 0.717) is 17.3 Å². The number of hydrogen-bond acceptors (Lipinski definition) is 3. The summed E-state index contributed by atoms with van der Waals surface area (Å²) in [6.45, 7) is 4.47. The second kappa shape index (κ2) is 6.13. The molecule has 23 heavy (non-hydrogen) atoms. The van der Waals surface area contributed by atoms with Crippen LogP contribution in [0, 0.1) is 0 Å². The van der Waals surface area contributed by atoms with Gasteiger partial charge in [0, 0.05) is 11.6 Å². The van der Waals surface area contributed by atoms with Crippen LogP contribution in [0.4, 0.5) is 0 Å². The highest BCUT2D eigenvalue weighted by Gasteiger charge is 2.29. The zero-order valence-corrected chi connectivity index (χ0v) is 13.8. The highest BCUT2D eigenvalue weighted by Crippen LogP contribution is 2.32. The lowest BCUT2D eigenvalue weighted by molar-refractivity contribution is -0.125. The number of ether oxygens (including phenoxy) is 2. The summed E-state index contributed by atoms with van der Waals surface area (Å²) in [5.74, 6) is 1.41. The Morgan fingerprint density at radius 2 is 1.83 bits per heavy atom. The minimum Gasteiger partial charge on any atom is -0.454 e. The summed E-state index contributed by atoms with van der Waals surface area (Å²) < 4.78 is 10.6. The molecule has 120 valence electrons. The third-order valence-electron chi connectivity index (χ3n) is 4.02. The first kappa shape index (κ1) is 15.7. The van der Waals surface area contributed by atoms with E-state index in [0.717, 1.165) is 16.9 Å². The van der Waals surface area contributed by atoms with Crippen molar-refractivity contribution >= 4 is 17.5 Å². The van der Waals surface area contributed by atoms with Gasteiger partial charge in [-0.2, -0.15) is 0 Å². The fourth-order valence-corrected chi connectivity index (χ4v) is 2.58. The van der Waals surface area contributed by atoms with E-state index in [1.165, 1.54) is 0 Å². The van der Waals surface area contributed by atoms with Crippen LogP contribution in [0.3, 0.4) is 0 Å². The number of benzene rings is 2. The maximum absolute atomic E-state index is 12.6. The summed E-state index contributed by atoms with van der Waals surface area (Å²) in [5.41, 5.74) is 1.25. The molecule has 0 radical (unpaired) electrons. The molecule has 1 aliphatic rings. The molecule has 4 nitrogen and oxygen atoms in total. The zero-order valence-electron chi connectivity index (χ0n) is 13.1. The normalized spacial score (nSPS) is 13.0. The Kier molecular flexibility index (Phi) is 4.18. The van der Waals surface area contributed by atoms with Gasteiger partial charge >= 0.3 is 0 Å². The molecular formula is C18H18ClNO3. The summed E-state index contributed by atoms with van der Waals surface area (Å²) in [5, 5.41) is 3.63. The van der Waals surface area contributed by atoms with Crippen LogP contribution in [0.2, 0.25) is 5.02 Å². The van der Waals surface area contributed by atoms with Crippen molar-refractivity contribution in [1.29, 1.82) is 0 Å². The minimum absolute atomic E-state index is 0.0440. The zero-order chi connectivity index (χ0) is 16.4. The Morgan fingerprint density at radius 1 is 1.13 bits per heavy atom. The first-order valence-corrected chi connectivity index (χ1v) is 7.77. The highest BCUT2D eigenvalue weighted by atomic mass is 35.5. The Bertz CT molecular complexity index is 726. The monoisotopic (exact) mass is 331 g/mol. The van der Waals surface area contributed by atoms with Gasteiger partial charge in [0.05, 0.1) is 5.41 Å². The average molecular weight is 332 g/mol. The lowest BCUT2D eigenvalue weighted by atomic mass is 9.83. The molecule has 2 aromatic rings. The van der Waals surface area contributed by atoms with E-state index in [1.807, 2.05) is 44.2 Å². The smallest absolute Gasteiger partial charge is 0.231 e. The van der Waals surface area contributed by atoms with Crippen molar-refractivity contribution in [2.45, 2.75) is 25.8 Å². The molecule has 2 aromatic carbocycles. The average Bonchev–Trinajstić information content (AvgIpc) is 3.00. The van der Waals surface area contributed by atoms with Gasteiger partial charge in [-0.1, -0.05) is 29.8 Å². The molecule has 3 rings (SSSR count). The van der Waals surface area contributed by atoms with E-state index in [1.54, 1.807) is 12.1 Å². The van der Waals surface area contributed by atoms with E-state index in [2.05, 4.69) is 5.32 Å². The lowest BCUT2D eigenvalue weighted by Gasteiger charge is -2.24. The SMILES string of the molecule is CC(C)(C(=O)NCc1ccc2c(c1)OCO2)c1ccc(Cl)cc1. The van der Waals surface area contributed by atoms with Gasteiger partial charge in [0.15, 0.2) is 11.5 Å². The third kappa shape index (κ3) is 3.27. The molecule has 1 heterocycles. The van der Waals surface area contributed by atoms with Gasteiger partial charge in [-0.3, -0.25) is 4.79 Å². The second-order valence-corrected chi connectivity index (χ2v) is 6.44. The Labute approximate surface area is 140 Å². The third-order valence-corrected chi connectivity index (χ3v) is 4.28. The summed E-state index contributed by atoms with van der Waals surface area (Å²) in [7, 11) is 0. The van der Waals surface area contributed by atoms with E-state index in [4.69, 9.17) is 21.1 Å². The van der Waals surface area contributed by atoms with Gasteiger partial charge < -0.3 is 14.8 Å². The fourth-order valence-electron chi connectivity index (χ4n) is 2.45. The Hall–Kier alpha value is -2.20. The van der Waals surface area contributed by atoms with Crippen LogP contribution >= 0.6 is 11.6 Å². The first-order chi connectivity index (χ1) is 11.0. The molecule has 0 fully saturated rings. The van der Waals surface area contributed by atoms with Crippen molar-refractivity contribution in [2.75, 3.05) is 6.79 Å². The molecular weight excluding hydrogens is 314 g/mol. The number of rotatable bonds is 4. The van der Waals surface area contributed by atoms with Crippen molar-refractivity contribution in [2.24, 2.45) is 0 Å². The van der Waals surface area contributed by atoms with Gasteiger partial charge in [0.2, 0.25) is 12.7 Å². The number of halogens is 1. The van der Waals surface area contributed by atoms with Gasteiger partial charge in [-0.15, -0.1) is 0 Å². The molecule has 0 spiro atoms. The summed E-state index contributed by atoms with van der Waals surface area (Å²) in [6.07, 6.45) is 0. The molecule has 0 unspecified atom stereocenters. The topological polar surface area (TPSA) is 47.6 Å². The van der Waals surface area contributed by atoms with E-state index in [9.17, 15) is 4.79 Å². The predicted molar refractivity (Wildman–Crippen MR) is 88.9 cm³/mol. The fraction of sp³-hybridized carbons (Fsp3) is 0.278. The molecule has 0 bridgehead atoms. The van der Waals surface area contributed by atoms with Crippen LogP contribution in [0.1, 0.15) is 25.0 Å². The molecule has 0 atom stereocenters. The summed E-state index contributed by atoms with van der Waals surface area (Å²) in [4.78, 5) is 12.6. The summed E-state index contributed by atoms with van der Waals surface area (Å²) in [6, 6.07) is 13.0. The molecule has 1 N–H and O–H groups in total. The Balaban J connectivity index is 1.67. The molecule has 5 heteroatoms. The minimum atomic E-state index is -0.638. The molecule has 0 aliphatic carbocycles. The van der Waals surface area contributed by atoms with Crippen LogP contribution in [-0.4, -0.2) is 12.7 Å². The number of carbonyl (C=O) groups is 1. The van der Waals surface area contributed by atoms with Crippen LogP contribution in [0.25, 0.3) is 0 Å². The standard InChI is InChI=1S/C18H18ClNO3/c1-18(2,13-4-6-14(19)7-5-13)17(21)20-10-12-3-8-15-16(9-12)23-11-22-15/h3-9H,10-11H2,1-2H3,(H,20,21). The maximum atomic E-state index is 12.6. The van der Waals surface area contributed by atoms with Gasteiger partial charge in [-0.05, 0) is 49.2 Å². The largest absolute Gasteiger partial charge is 0.454 e. The van der Waals surface area contributed by atoms with Crippen LogP contribution in [0.15, 0.2) is 42.5 Å². The Morgan fingerprint density at radius 3 is 2.57 bits per heavy atom. The second-order valence-electron chi connectivity index (χ2n) is 6.00. The molecule has 0 saturated heterocycles. The lowest BCUT2D eigenvalue weighted by Crippen LogP contribution is -2.39. The first-order valence-electron chi connectivity index (χ1n) is 7.40. The van der Waals surface area contributed by atoms with Crippen LogP contribution < -0.4 is 14.8 Å². The predicted octanol–water partition coefficient (Wildman–Crippen LogP) is 3.66. The number of fused-ring (bicyclic) bond motifs is 1. The van der Waals surface area contributed by atoms with E-state index >= 15 is 0 Å². The number of hydrogen-bond donors (Lipinski definition) is 1. The number of nitrogens with one attached hydrogen (secondary N) is 1. The van der Waals surface area contributed by atoms with Crippen molar-refractivity contribution < 1.29 is 14.3 Å². The van der Waals surface area contributed by atoms with E-state index in [-0.39, 0.29) is 12.7 Å². The molecule has 1 amide bonds.